The van der Waals surface area contributed by atoms with E-state index in [9.17, 15) is 27.1 Å². The quantitative estimate of drug-likeness (QED) is 0.108. The van der Waals surface area contributed by atoms with E-state index in [4.69, 9.17) is 17.0 Å². The summed E-state index contributed by atoms with van der Waals surface area (Å²) in [6, 6.07) is 21.0. The van der Waals surface area contributed by atoms with Crippen molar-refractivity contribution in [3.63, 3.8) is 0 Å². The van der Waals surface area contributed by atoms with E-state index in [1.807, 2.05) is 0 Å². The fraction of sp³-hybridized carbons (Fsp3) is 0. The van der Waals surface area contributed by atoms with E-state index in [0.29, 0.717) is 22.3 Å². The molecule has 4 rings (SSSR count). The number of hydrogen-bond donors (Lipinski definition) is 1. The van der Waals surface area contributed by atoms with E-state index >= 15 is 0 Å². The van der Waals surface area contributed by atoms with E-state index in [0.717, 1.165) is 6.21 Å². The molecule has 0 fully saturated rings. The molecule has 0 radical (unpaired) electrons. The van der Waals surface area contributed by atoms with Gasteiger partial charge in [0, 0.05) is 17.3 Å². The van der Waals surface area contributed by atoms with Crippen LogP contribution in [-0.4, -0.2) is 11.3 Å². The minimum atomic E-state index is -2.27. The van der Waals surface area contributed by atoms with Gasteiger partial charge in [0.15, 0.2) is 23.3 Å². The standard InChI is InChI=1S/C25H14F5NO.2ClH.Zr/c26-19-20(27)22(29)24(23(30)21(19)28)31-13-18-16(14-7-3-1-4-8-14)11-12-17(25(18)32)15-9-5-2-6-10-15;;;/h1-13,32H;2*1H;/q;;;+2/p-2. The van der Waals surface area contributed by atoms with Crippen molar-refractivity contribution >= 4 is 28.9 Å². The van der Waals surface area contributed by atoms with Crippen molar-refractivity contribution in [2.24, 2.45) is 4.99 Å². The predicted molar refractivity (Wildman–Crippen MR) is 124 cm³/mol. The van der Waals surface area contributed by atoms with Crippen LogP contribution in [0.4, 0.5) is 27.6 Å². The van der Waals surface area contributed by atoms with Crippen LogP contribution in [0.5, 0.6) is 5.75 Å². The van der Waals surface area contributed by atoms with E-state index in [2.05, 4.69) is 4.99 Å². The maximum absolute atomic E-state index is 14.1. The monoisotopic (exact) mass is 599 g/mol. The summed E-state index contributed by atoms with van der Waals surface area (Å²) in [6.07, 6.45) is 0.891. The molecule has 0 bridgehead atoms. The third-order valence-electron chi connectivity index (χ3n) is 4.90. The summed E-state index contributed by atoms with van der Waals surface area (Å²) in [7, 11) is 9.87. The van der Waals surface area contributed by atoms with Crippen LogP contribution in [0.3, 0.4) is 0 Å². The molecule has 0 amide bonds. The van der Waals surface area contributed by atoms with Crippen molar-refractivity contribution in [1.29, 1.82) is 0 Å². The number of hydrogen-bond acceptors (Lipinski definition) is 2. The Kier molecular flexibility index (Phi) is 9.61. The molecule has 10 heteroatoms. The summed E-state index contributed by atoms with van der Waals surface area (Å²) in [6.45, 7) is 0. The Balaban J connectivity index is 0.00000108. The molecule has 35 heavy (non-hydrogen) atoms. The molecule has 0 saturated heterocycles. The van der Waals surface area contributed by atoms with Crippen molar-refractivity contribution < 1.29 is 47.9 Å². The van der Waals surface area contributed by atoms with Gasteiger partial charge in [0.05, 0.1) is 0 Å². The van der Waals surface area contributed by atoms with Crippen LogP contribution < -0.4 is 0 Å². The van der Waals surface area contributed by atoms with Crippen LogP contribution in [0.25, 0.3) is 22.3 Å². The summed E-state index contributed by atoms with van der Waals surface area (Å²) in [5.74, 6) is -10.8. The van der Waals surface area contributed by atoms with Gasteiger partial charge in [-0.1, -0.05) is 66.7 Å². The zero-order valence-corrected chi connectivity index (χ0v) is 21.5. The molecule has 0 atom stereocenters. The molecule has 1 N–H and O–H groups in total. The number of aliphatic imine (C=N–C) groups is 1. The average Bonchev–Trinajstić information content (AvgIpc) is 2.88. The van der Waals surface area contributed by atoms with Crippen LogP contribution in [0.2, 0.25) is 0 Å². The van der Waals surface area contributed by atoms with Crippen LogP contribution in [-0.2, 0) is 20.8 Å². The first-order valence-corrected chi connectivity index (χ1v) is 16.1. The summed E-state index contributed by atoms with van der Waals surface area (Å²) < 4.78 is 68.6. The predicted octanol–water partition coefficient (Wildman–Crippen LogP) is 8.55. The molecule has 0 saturated carbocycles. The Bertz CT molecular complexity index is 1330. The van der Waals surface area contributed by atoms with Gasteiger partial charge in [-0.05, 0) is 22.8 Å². The number of aromatic hydroxyl groups is 1. The Morgan fingerprint density at radius 1 is 0.629 bits per heavy atom. The molecule has 178 valence electrons. The number of halogens is 7. The van der Waals surface area contributed by atoms with E-state index in [-0.39, 0.29) is 11.3 Å². The second kappa shape index (κ2) is 12.4. The van der Waals surface area contributed by atoms with Gasteiger partial charge < -0.3 is 5.11 Å². The van der Waals surface area contributed by atoms with E-state index < -0.39 is 55.6 Å². The van der Waals surface area contributed by atoms with Crippen LogP contribution in [0, 0.1) is 29.1 Å². The Morgan fingerprint density at radius 2 is 1.03 bits per heavy atom. The fourth-order valence-corrected chi connectivity index (χ4v) is 3.29. The fourth-order valence-electron chi connectivity index (χ4n) is 3.29. The number of benzene rings is 4. The average molecular weight is 602 g/mol. The number of rotatable bonds is 4. The SMILES string of the molecule is Oc1c(-c2ccccc2)ccc(-c2ccccc2)c1C=Nc1c(F)c(F)c(F)c(F)c1F.[Cl][Zr][Cl]. The Morgan fingerprint density at radius 3 is 1.51 bits per heavy atom. The second-order valence-corrected chi connectivity index (χ2v) is 10.6. The minimum absolute atomic E-state index is 0.0569. The summed E-state index contributed by atoms with van der Waals surface area (Å²) in [5, 5.41) is 11.0. The van der Waals surface area contributed by atoms with Gasteiger partial charge in [-0.25, -0.2) is 26.9 Å². The van der Waals surface area contributed by atoms with Crippen molar-refractivity contribution in [3.05, 3.63) is 107 Å². The Hall–Kier alpha value is -2.54. The number of phenolic OH excluding ortho intramolecular Hbond substituents is 1. The first-order valence-electron chi connectivity index (χ1n) is 9.80. The normalized spacial score (nSPS) is 10.7. The van der Waals surface area contributed by atoms with Crippen LogP contribution in [0.1, 0.15) is 5.56 Å². The third kappa shape index (κ3) is 6.00. The summed E-state index contributed by atoms with van der Waals surface area (Å²) >= 11 is -0.826. The van der Waals surface area contributed by atoms with E-state index in [1.165, 1.54) is 0 Å². The number of phenols is 1. The van der Waals surface area contributed by atoms with Crippen molar-refractivity contribution in [1.82, 2.24) is 0 Å². The van der Waals surface area contributed by atoms with Gasteiger partial charge in [0.1, 0.15) is 11.4 Å². The molecule has 4 aromatic rings. The maximum atomic E-state index is 14.1. The molecule has 0 aliphatic rings. The van der Waals surface area contributed by atoms with Gasteiger partial charge >= 0.3 is 37.9 Å². The molecule has 0 spiro atoms. The van der Waals surface area contributed by atoms with Crippen molar-refractivity contribution in [2.45, 2.75) is 0 Å². The summed E-state index contributed by atoms with van der Waals surface area (Å²) in [4.78, 5) is 3.54. The molecule has 0 aliphatic heterocycles. The van der Waals surface area contributed by atoms with Gasteiger partial charge in [0.2, 0.25) is 5.82 Å². The zero-order valence-electron chi connectivity index (χ0n) is 17.5. The zero-order chi connectivity index (χ0) is 25.5. The molecule has 0 unspecified atom stereocenters. The molecular formula is C25H14Cl2F5NOZr. The first-order chi connectivity index (χ1) is 16.8. The van der Waals surface area contributed by atoms with Gasteiger partial charge in [-0.2, -0.15) is 0 Å². The third-order valence-corrected chi connectivity index (χ3v) is 4.90. The van der Waals surface area contributed by atoms with Crippen LogP contribution >= 0.6 is 17.0 Å². The number of nitrogens with zero attached hydrogens (tertiary/aromatic N) is 1. The van der Waals surface area contributed by atoms with Gasteiger partial charge in [-0.3, -0.25) is 0 Å². The molecule has 4 aromatic carbocycles. The van der Waals surface area contributed by atoms with Gasteiger partial charge in [0.25, 0.3) is 0 Å². The summed E-state index contributed by atoms with van der Waals surface area (Å²) in [5.41, 5.74) is 0.891. The Labute approximate surface area is 216 Å². The molecule has 2 nitrogen and oxygen atoms in total. The van der Waals surface area contributed by atoms with Crippen molar-refractivity contribution in [3.8, 4) is 28.0 Å². The first kappa shape index (κ1) is 27.1. The van der Waals surface area contributed by atoms with Crippen LogP contribution in [0.15, 0.2) is 77.8 Å². The van der Waals surface area contributed by atoms with Crippen molar-refractivity contribution in [2.75, 3.05) is 0 Å². The van der Waals surface area contributed by atoms with E-state index in [1.54, 1.807) is 72.8 Å². The molecule has 0 aliphatic carbocycles. The molecule has 0 aromatic heterocycles. The second-order valence-electron chi connectivity index (χ2n) is 6.90. The molecule has 0 heterocycles. The topological polar surface area (TPSA) is 32.6 Å². The molecular weight excluding hydrogens is 587 g/mol. The van der Waals surface area contributed by atoms with Gasteiger partial charge in [-0.15, -0.1) is 0 Å².